The molecular formula is C16H14O3S. The molecule has 0 saturated carbocycles. The van der Waals surface area contributed by atoms with Crippen LogP contribution in [0.2, 0.25) is 0 Å². The quantitative estimate of drug-likeness (QED) is 0.815. The normalized spacial score (nSPS) is 23.3. The van der Waals surface area contributed by atoms with Crippen molar-refractivity contribution in [3.05, 3.63) is 66.2 Å². The Bertz CT molecular complexity index is 625. The van der Waals surface area contributed by atoms with E-state index in [0.717, 1.165) is 5.56 Å². The maximum atomic E-state index is 12.4. The first-order chi connectivity index (χ1) is 9.75. The van der Waals surface area contributed by atoms with Gasteiger partial charge >= 0.3 is 5.97 Å². The van der Waals surface area contributed by atoms with E-state index in [0.29, 0.717) is 11.3 Å². The third kappa shape index (κ3) is 2.51. The van der Waals surface area contributed by atoms with Gasteiger partial charge in [-0.1, -0.05) is 48.5 Å². The molecule has 0 amide bonds. The van der Waals surface area contributed by atoms with Crippen molar-refractivity contribution in [2.45, 2.75) is 22.7 Å². The molecule has 3 nitrogen and oxygen atoms in total. The molecule has 1 aliphatic heterocycles. The van der Waals surface area contributed by atoms with E-state index in [4.69, 9.17) is 4.74 Å². The van der Waals surface area contributed by atoms with Crippen LogP contribution in [0.1, 0.15) is 18.1 Å². The molecule has 102 valence electrons. The summed E-state index contributed by atoms with van der Waals surface area (Å²) >= 11 is 0. The summed E-state index contributed by atoms with van der Waals surface area (Å²) < 4.78 is 17.8. The molecule has 0 bridgehead atoms. The van der Waals surface area contributed by atoms with Crippen LogP contribution in [0.25, 0.3) is 0 Å². The Morgan fingerprint density at radius 2 is 1.55 bits per heavy atom. The zero-order valence-electron chi connectivity index (χ0n) is 10.8. The van der Waals surface area contributed by atoms with Gasteiger partial charge in [0.05, 0.1) is 10.8 Å². The Hall–Kier alpha value is -1.94. The third-order valence-electron chi connectivity index (χ3n) is 3.35. The standard InChI is InChI=1S/C16H14O3S/c17-16-15(20(18)13-9-5-2-6-10-13)11-14(19-16)12-7-3-1-4-8-12/h1-10,14-15H,11H2. The molecule has 0 N–H and O–H groups in total. The molecule has 1 saturated heterocycles. The summed E-state index contributed by atoms with van der Waals surface area (Å²) in [4.78, 5) is 12.6. The Kier molecular flexibility index (Phi) is 3.65. The topological polar surface area (TPSA) is 43.4 Å². The number of esters is 1. The second-order valence-electron chi connectivity index (χ2n) is 4.67. The summed E-state index contributed by atoms with van der Waals surface area (Å²) in [6.45, 7) is 0. The predicted octanol–water partition coefficient (Wildman–Crippen LogP) is 2.85. The monoisotopic (exact) mass is 286 g/mol. The molecule has 1 fully saturated rings. The minimum Gasteiger partial charge on any atom is -0.457 e. The number of hydrogen-bond acceptors (Lipinski definition) is 3. The predicted molar refractivity (Wildman–Crippen MR) is 76.5 cm³/mol. The molecule has 0 radical (unpaired) electrons. The Labute approximate surface area is 120 Å². The molecule has 0 aliphatic carbocycles. The van der Waals surface area contributed by atoms with Gasteiger partial charge in [-0.2, -0.15) is 0 Å². The van der Waals surface area contributed by atoms with Crippen molar-refractivity contribution in [2.24, 2.45) is 0 Å². The van der Waals surface area contributed by atoms with E-state index in [1.54, 1.807) is 12.1 Å². The average Bonchev–Trinajstić information content (AvgIpc) is 2.90. The van der Waals surface area contributed by atoms with Crippen LogP contribution in [0.4, 0.5) is 0 Å². The Morgan fingerprint density at radius 3 is 2.20 bits per heavy atom. The first kappa shape index (κ1) is 13.1. The molecule has 1 heterocycles. The summed E-state index contributed by atoms with van der Waals surface area (Å²) in [5.74, 6) is -0.374. The van der Waals surface area contributed by atoms with Gasteiger partial charge in [-0.3, -0.25) is 9.00 Å². The van der Waals surface area contributed by atoms with E-state index in [2.05, 4.69) is 0 Å². The highest BCUT2D eigenvalue weighted by atomic mass is 32.2. The maximum absolute atomic E-state index is 12.4. The molecule has 3 rings (SSSR count). The first-order valence-electron chi connectivity index (χ1n) is 6.47. The van der Waals surface area contributed by atoms with Gasteiger partial charge in [-0.25, -0.2) is 0 Å². The Morgan fingerprint density at radius 1 is 0.950 bits per heavy atom. The number of ether oxygens (including phenoxy) is 1. The molecular weight excluding hydrogens is 272 g/mol. The second-order valence-corrected chi connectivity index (χ2v) is 6.31. The summed E-state index contributed by atoms with van der Waals surface area (Å²) in [5, 5.41) is -0.581. The lowest BCUT2D eigenvalue weighted by atomic mass is 10.1. The number of carbonyl (C=O) groups excluding carboxylic acids is 1. The van der Waals surface area contributed by atoms with Crippen molar-refractivity contribution in [3.8, 4) is 0 Å². The zero-order chi connectivity index (χ0) is 13.9. The van der Waals surface area contributed by atoms with E-state index in [9.17, 15) is 9.00 Å². The summed E-state index contributed by atoms with van der Waals surface area (Å²) in [7, 11) is -1.36. The number of carbonyl (C=O) groups is 1. The molecule has 1 aliphatic rings. The highest BCUT2D eigenvalue weighted by Gasteiger charge is 2.39. The van der Waals surface area contributed by atoms with Crippen LogP contribution >= 0.6 is 0 Å². The fourth-order valence-corrected chi connectivity index (χ4v) is 3.65. The highest BCUT2D eigenvalue weighted by molar-refractivity contribution is 7.86. The van der Waals surface area contributed by atoms with Crippen LogP contribution in [0, 0.1) is 0 Å². The lowest BCUT2D eigenvalue weighted by Crippen LogP contribution is -2.20. The van der Waals surface area contributed by atoms with Crippen molar-refractivity contribution >= 4 is 16.8 Å². The van der Waals surface area contributed by atoms with Crippen molar-refractivity contribution in [1.82, 2.24) is 0 Å². The Balaban J connectivity index is 1.80. The fraction of sp³-hybridized carbons (Fsp3) is 0.188. The van der Waals surface area contributed by atoms with Crippen LogP contribution in [0.15, 0.2) is 65.6 Å². The van der Waals surface area contributed by atoms with E-state index in [1.165, 1.54) is 0 Å². The smallest absolute Gasteiger partial charge is 0.322 e. The van der Waals surface area contributed by atoms with Gasteiger partial charge < -0.3 is 4.74 Å². The van der Waals surface area contributed by atoms with Gasteiger partial charge in [-0.15, -0.1) is 0 Å². The van der Waals surface area contributed by atoms with Crippen molar-refractivity contribution in [1.29, 1.82) is 0 Å². The average molecular weight is 286 g/mol. The molecule has 0 spiro atoms. The summed E-state index contributed by atoms with van der Waals surface area (Å²) in [5.41, 5.74) is 0.952. The van der Waals surface area contributed by atoms with Crippen LogP contribution < -0.4 is 0 Å². The molecule has 4 heteroatoms. The second kappa shape index (κ2) is 5.59. The van der Waals surface area contributed by atoms with Gasteiger partial charge in [0.1, 0.15) is 11.4 Å². The van der Waals surface area contributed by atoms with Gasteiger partial charge in [0.15, 0.2) is 0 Å². The van der Waals surface area contributed by atoms with E-state index >= 15 is 0 Å². The summed E-state index contributed by atoms with van der Waals surface area (Å²) in [6, 6.07) is 18.6. The minimum atomic E-state index is -1.36. The van der Waals surface area contributed by atoms with Crippen molar-refractivity contribution in [3.63, 3.8) is 0 Å². The number of cyclic esters (lactones) is 1. The lowest BCUT2D eigenvalue weighted by Gasteiger charge is -2.08. The van der Waals surface area contributed by atoms with Gasteiger partial charge in [-0.05, 0) is 17.7 Å². The van der Waals surface area contributed by atoms with E-state index < -0.39 is 16.0 Å². The minimum absolute atomic E-state index is 0.290. The maximum Gasteiger partial charge on any atom is 0.322 e. The lowest BCUT2D eigenvalue weighted by molar-refractivity contribution is -0.141. The number of benzene rings is 2. The third-order valence-corrected chi connectivity index (χ3v) is 4.99. The van der Waals surface area contributed by atoms with Crippen molar-refractivity contribution in [2.75, 3.05) is 0 Å². The zero-order valence-corrected chi connectivity index (χ0v) is 11.6. The molecule has 2 aromatic carbocycles. The molecule has 2 aromatic rings. The van der Waals surface area contributed by atoms with Crippen molar-refractivity contribution < 1.29 is 13.7 Å². The largest absolute Gasteiger partial charge is 0.457 e. The van der Waals surface area contributed by atoms with Crippen LogP contribution in [0.5, 0.6) is 0 Å². The number of hydrogen-bond donors (Lipinski definition) is 0. The number of rotatable bonds is 3. The summed E-state index contributed by atoms with van der Waals surface area (Å²) in [6.07, 6.45) is 0.172. The highest BCUT2D eigenvalue weighted by Crippen LogP contribution is 2.33. The van der Waals surface area contributed by atoms with Crippen LogP contribution in [-0.2, 0) is 20.3 Å². The fourth-order valence-electron chi connectivity index (χ4n) is 2.32. The van der Waals surface area contributed by atoms with Gasteiger partial charge in [0.25, 0.3) is 0 Å². The van der Waals surface area contributed by atoms with E-state index in [1.807, 2.05) is 48.5 Å². The molecule has 20 heavy (non-hydrogen) atoms. The van der Waals surface area contributed by atoms with E-state index in [-0.39, 0.29) is 12.1 Å². The molecule has 3 unspecified atom stereocenters. The van der Waals surface area contributed by atoms with Crippen LogP contribution in [0.3, 0.4) is 0 Å². The van der Waals surface area contributed by atoms with Gasteiger partial charge in [0.2, 0.25) is 0 Å². The van der Waals surface area contributed by atoms with Gasteiger partial charge in [0, 0.05) is 11.3 Å². The SMILES string of the molecule is O=C1OC(c2ccccc2)CC1S(=O)c1ccccc1. The first-order valence-corrected chi connectivity index (χ1v) is 7.68. The van der Waals surface area contributed by atoms with Crippen LogP contribution in [-0.4, -0.2) is 15.4 Å². The molecule has 3 atom stereocenters. The molecule has 0 aromatic heterocycles.